The number of nitrogens with one attached hydrogen (secondary N) is 1. The van der Waals surface area contributed by atoms with Gasteiger partial charge in [-0.1, -0.05) is 41.6 Å². The molecule has 0 aliphatic heterocycles. The number of aryl methyl sites for hydroxylation is 1. The Morgan fingerprint density at radius 3 is 2.74 bits per heavy atom. The van der Waals surface area contributed by atoms with E-state index in [-0.39, 0.29) is 5.84 Å². The highest BCUT2D eigenvalue weighted by Gasteiger charge is 2.01. The molecular formula is C15H17N3O. The molecule has 4 N–H and O–H groups in total. The zero-order chi connectivity index (χ0) is 13.7. The lowest BCUT2D eigenvalue weighted by Gasteiger charge is -2.10. The second kappa shape index (κ2) is 5.91. The van der Waals surface area contributed by atoms with Crippen molar-refractivity contribution in [3.63, 3.8) is 0 Å². The normalized spacial score (nSPS) is 11.3. The van der Waals surface area contributed by atoms with Crippen molar-refractivity contribution in [2.75, 3.05) is 5.32 Å². The van der Waals surface area contributed by atoms with Crippen molar-refractivity contribution in [2.45, 2.75) is 13.5 Å². The molecule has 0 saturated carbocycles. The summed E-state index contributed by atoms with van der Waals surface area (Å²) in [5.74, 6) is 0.123. The first kappa shape index (κ1) is 13.0. The largest absolute Gasteiger partial charge is 0.409 e. The average molecular weight is 255 g/mol. The Bertz CT molecular complexity index is 593. The van der Waals surface area contributed by atoms with Gasteiger partial charge in [-0.2, -0.15) is 0 Å². The predicted octanol–water partition coefficient (Wildman–Crippen LogP) is 2.70. The molecule has 0 heterocycles. The number of nitrogens with zero attached hydrogens (tertiary/aromatic N) is 1. The van der Waals surface area contributed by atoms with Crippen molar-refractivity contribution in [1.29, 1.82) is 0 Å². The molecule has 0 spiro atoms. The van der Waals surface area contributed by atoms with Gasteiger partial charge in [-0.15, -0.1) is 0 Å². The standard InChI is InChI=1S/C15H17N3O/c1-11-5-2-3-8-14(11)17-10-12-6-4-7-13(9-12)15(16)18-19/h2-9,17,19H,10H2,1H3,(H2,16,18). The quantitative estimate of drug-likeness (QED) is 0.340. The molecule has 0 aromatic heterocycles. The summed E-state index contributed by atoms with van der Waals surface area (Å²) < 4.78 is 0. The van der Waals surface area contributed by atoms with Crippen molar-refractivity contribution in [3.8, 4) is 0 Å². The molecule has 4 heteroatoms. The molecule has 0 aliphatic carbocycles. The van der Waals surface area contributed by atoms with Crippen LogP contribution in [0.4, 0.5) is 5.69 Å². The fourth-order valence-electron chi connectivity index (χ4n) is 1.87. The van der Waals surface area contributed by atoms with Gasteiger partial charge in [0, 0.05) is 17.8 Å². The number of oxime groups is 1. The molecule has 0 bridgehead atoms. The highest BCUT2D eigenvalue weighted by atomic mass is 16.4. The van der Waals surface area contributed by atoms with Crippen LogP contribution < -0.4 is 11.1 Å². The van der Waals surface area contributed by atoms with Gasteiger partial charge in [-0.05, 0) is 30.2 Å². The number of benzene rings is 2. The Kier molecular flexibility index (Phi) is 4.03. The fraction of sp³-hybridized carbons (Fsp3) is 0.133. The van der Waals surface area contributed by atoms with Gasteiger partial charge in [0.05, 0.1) is 0 Å². The third kappa shape index (κ3) is 3.25. The van der Waals surface area contributed by atoms with E-state index in [4.69, 9.17) is 10.9 Å². The molecule has 0 aliphatic rings. The van der Waals surface area contributed by atoms with Gasteiger partial charge in [0.1, 0.15) is 0 Å². The van der Waals surface area contributed by atoms with E-state index < -0.39 is 0 Å². The number of rotatable bonds is 4. The van der Waals surface area contributed by atoms with Gasteiger partial charge in [-0.3, -0.25) is 0 Å². The Balaban J connectivity index is 2.10. The van der Waals surface area contributed by atoms with E-state index in [0.29, 0.717) is 12.1 Å². The number of hydrogen-bond donors (Lipinski definition) is 3. The minimum absolute atomic E-state index is 0.123. The third-order valence-corrected chi connectivity index (χ3v) is 2.96. The lowest BCUT2D eigenvalue weighted by atomic mass is 10.1. The van der Waals surface area contributed by atoms with E-state index in [0.717, 1.165) is 11.3 Å². The topological polar surface area (TPSA) is 70.6 Å². The van der Waals surface area contributed by atoms with Crippen LogP contribution in [0.3, 0.4) is 0 Å². The first-order valence-corrected chi connectivity index (χ1v) is 6.07. The second-order valence-corrected chi connectivity index (χ2v) is 4.35. The predicted molar refractivity (Wildman–Crippen MR) is 77.5 cm³/mol. The maximum atomic E-state index is 8.67. The molecule has 98 valence electrons. The van der Waals surface area contributed by atoms with Crippen molar-refractivity contribution in [2.24, 2.45) is 10.9 Å². The first-order valence-electron chi connectivity index (χ1n) is 6.07. The van der Waals surface area contributed by atoms with Crippen LogP contribution in [0.5, 0.6) is 0 Å². The molecule has 0 unspecified atom stereocenters. The van der Waals surface area contributed by atoms with Crippen molar-refractivity contribution in [1.82, 2.24) is 0 Å². The summed E-state index contributed by atoms with van der Waals surface area (Å²) in [6.07, 6.45) is 0. The van der Waals surface area contributed by atoms with Crippen LogP contribution in [0.1, 0.15) is 16.7 Å². The minimum Gasteiger partial charge on any atom is -0.409 e. The molecule has 2 aromatic carbocycles. The Morgan fingerprint density at radius 1 is 1.21 bits per heavy atom. The molecule has 19 heavy (non-hydrogen) atoms. The molecule has 0 amide bonds. The van der Waals surface area contributed by atoms with Crippen LogP contribution in [0, 0.1) is 6.92 Å². The van der Waals surface area contributed by atoms with E-state index >= 15 is 0 Å². The van der Waals surface area contributed by atoms with E-state index in [1.807, 2.05) is 42.5 Å². The third-order valence-electron chi connectivity index (χ3n) is 2.96. The van der Waals surface area contributed by atoms with Crippen molar-refractivity contribution < 1.29 is 5.21 Å². The van der Waals surface area contributed by atoms with Crippen molar-refractivity contribution in [3.05, 3.63) is 65.2 Å². The summed E-state index contributed by atoms with van der Waals surface area (Å²) in [6.45, 7) is 2.76. The molecule has 0 radical (unpaired) electrons. The van der Waals surface area contributed by atoms with Gasteiger partial charge in [0.25, 0.3) is 0 Å². The lowest BCUT2D eigenvalue weighted by Crippen LogP contribution is -2.13. The summed E-state index contributed by atoms with van der Waals surface area (Å²) in [6, 6.07) is 15.7. The zero-order valence-corrected chi connectivity index (χ0v) is 10.8. The summed E-state index contributed by atoms with van der Waals surface area (Å²) in [7, 11) is 0. The number of hydrogen-bond acceptors (Lipinski definition) is 3. The number of anilines is 1. The fourth-order valence-corrected chi connectivity index (χ4v) is 1.87. The van der Waals surface area contributed by atoms with Gasteiger partial charge in [-0.25, -0.2) is 0 Å². The van der Waals surface area contributed by atoms with Crippen molar-refractivity contribution >= 4 is 11.5 Å². The van der Waals surface area contributed by atoms with E-state index in [1.54, 1.807) is 0 Å². The number of nitrogens with two attached hydrogens (primary N) is 1. The Hall–Kier alpha value is -2.49. The van der Waals surface area contributed by atoms with Crippen LogP contribution >= 0.6 is 0 Å². The molecule has 4 nitrogen and oxygen atoms in total. The highest BCUT2D eigenvalue weighted by Crippen LogP contribution is 2.15. The summed E-state index contributed by atoms with van der Waals surface area (Å²) in [4.78, 5) is 0. The van der Waals surface area contributed by atoms with Gasteiger partial charge >= 0.3 is 0 Å². The van der Waals surface area contributed by atoms with E-state index in [1.165, 1.54) is 5.56 Å². The van der Waals surface area contributed by atoms with Crippen LogP contribution in [-0.4, -0.2) is 11.0 Å². The molecule has 0 saturated heterocycles. The van der Waals surface area contributed by atoms with Crippen LogP contribution in [0.15, 0.2) is 53.7 Å². The molecule has 2 aromatic rings. The Labute approximate surface area is 112 Å². The maximum Gasteiger partial charge on any atom is 0.170 e. The van der Waals surface area contributed by atoms with Crippen LogP contribution in [0.25, 0.3) is 0 Å². The smallest absolute Gasteiger partial charge is 0.170 e. The Morgan fingerprint density at radius 2 is 2.00 bits per heavy atom. The van der Waals surface area contributed by atoms with Crippen LogP contribution in [-0.2, 0) is 6.54 Å². The average Bonchev–Trinajstić information content (AvgIpc) is 2.46. The summed E-state index contributed by atoms with van der Waals surface area (Å²) in [5.41, 5.74) is 9.68. The van der Waals surface area contributed by atoms with E-state index in [2.05, 4.69) is 23.5 Å². The minimum atomic E-state index is 0.123. The van der Waals surface area contributed by atoms with Gasteiger partial charge < -0.3 is 16.3 Å². The second-order valence-electron chi connectivity index (χ2n) is 4.35. The number of amidine groups is 1. The first-order chi connectivity index (χ1) is 9.20. The highest BCUT2D eigenvalue weighted by molar-refractivity contribution is 5.97. The summed E-state index contributed by atoms with van der Waals surface area (Å²) in [5, 5.41) is 15.0. The SMILES string of the molecule is Cc1ccccc1NCc1cccc(C(N)=NO)c1. The van der Waals surface area contributed by atoms with E-state index in [9.17, 15) is 0 Å². The molecule has 2 rings (SSSR count). The molecule has 0 fully saturated rings. The lowest BCUT2D eigenvalue weighted by molar-refractivity contribution is 0.318. The maximum absolute atomic E-state index is 8.67. The van der Waals surface area contributed by atoms with Gasteiger partial charge in [0.15, 0.2) is 5.84 Å². The monoisotopic (exact) mass is 255 g/mol. The molecular weight excluding hydrogens is 238 g/mol. The molecule has 0 atom stereocenters. The number of para-hydroxylation sites is 1. The zero-order valence-electron chi connectivity index (χ0n) is 10.8. The summed E-state index contributed by atoms with van der Waals surface area (Å²) >= 11 is 0. The van der Waals surface area contributed by atoms with Crippen LogP contribution in [0.2, 0.25) is 0 Å². The van der Waals surface area contributed by atoms with Gasteiger partial charge in [0.2, 0.25) is 0 Å².